The Morgan fingerprint density at radius 3 is 2.58 bits per heavy atom. The lowest BCUT2D eigenvalue weighted by Gasteiger charge is -2.09. The maximum absolute atomic E-state index is 12.3. The van der Waals surface area contributed by atoms with Crippen molar-refractivity contribution in [2.24, 2.45) is 7.05 Å². The molecule has 0 spiro atoms. The van der Waals surface area contributed by atoms with E-state index in [0.29, 0.717) is 11.3 Å². The van der Waals surface area contributed by atoms with Crippen LogP contribution in [0.5, 0.6) is 5.75 Å². The van der Waals surface area contributed by atoms with Gasteiger partial charge in [-0.15, -0.1) is 0 Å². The SMILES string of the molecule is COc1ccc(C(C#N)C(=O)c2nccn2C)cc1. The molecule has 0 radical (unpaired) electrons. The standard InChI is InChI=1S/C14H13N3O2/c1-17-8-7-16-14(17)13(18)12(9-15)10-3-5-11(19-2)6-4-10/h3-8,12H,1-2H3. The molecule has 0 saturated heterocycles. The Kier molecular flexibility index (Phi) is 3.62. The van der Waals surface area contributed by atoms with E-state index in [1.807, 2.05) is 6.07 Å². The molecule has 2 rings (SSSR count). The van der Waals surface area contributed by atoms with Crippen molar-refractivity contribution in [1.29, 1.82) is 5.26 Å². The highest BCUT2D eigenvalue weighted by molar-refractivity contribution is 6.00. The third-order valence-corrected chi connectivity index (χ3v) is 2.88. The molecule has 1 atom stereocenters. The van der Waals surface area contributed by atoms with Crippen molar-refractivity contribution in [3.8, 4) is 11.8 Å². The van der Waals surface area contributed by atoms with Gasteiger partial charge in [-0.1, -0.05) is 12.1 Å². The van der Waals surface area contributed by atoms with E-state index in [1.165, 1.54) is 6.20 Å². The molecule has 0 amide bonds. The molecule has 1 unspecified atom stereocenters. The number of rotatable bonds is 4. The van der Waals surface area contributed by atoms with Crippen LogP contribution in [0.2, 0.25) is 0 Å². The summed E-state index contributed by atoms with van der Waals surface area (Å²) >= 11 is 0. The van der Waals surface area contributed by atoms with Crippen molar-refractivity contribution in [3.63, 3.8) is 0 Å². The van der Waals surface area contributed by atoms with Gasteiger partial charge >= 0.3 is 0 Å². The van der Waals surface area contributed by atoms with Crippen LogP contribution in [0.3, 0.4) is 0 Å². The number of ether oxygens (including phenoxy) is 1. The minimum atomic E-state index is -0.855. The number of methoxy groups -OCH3 is 1. The fraction of sp³-hybridized carbons (Fsp3) is 0.214. The number of ketones is 1. The highest BCUT2D eigenvalue weighted by Crippen LogP contribution is 2.22. The number of hydrogen-bond acceptors (Lipinski definition) is 4. The molecule has 0 fully saturated rings. The van der Waals surface area contributed by atoms with E-state index in [0.717, 1.165) is 0 Å². The van der Waals surface area contributed by atoms with Gasteiger partial charge in [-0.2, -0.15) is 5.26 Å². The number of nitriles is 1. The van der Waals surface area contributed by atoms with Gasteiger partial charge in [0.05, 0.1) is 13.2 Å². The molecule has 0 aliphatic carbocycles. The van der Waals surface area contributed by atoms with Crippen molar-refractivity contribution in [1.82, 2.24) is 9.55 Å². The first kappa shape index (κ1) is 12.8. The average molecular weight is 255 g/mol. The lowest BCUT2D eigenvalue weighted by Crippen LogP contribution is -2.15. The van der Waals surface area contributed by atoms with Gasteiger partial charge in [0.15, 0.2) is 5.82 Å². The summed E-state index contributed by atoms with van der Waals surface area (Å²) in [5.41, 5.74) is 0.635. The number of carbonyl (C=O) groups excluding carboxylic acids is 1. The third-order valence-electron chi connectivity index (χ3n) is 2.88. The molecule has 0 saturated carbocycles. The Morgan fingerprint density at radius 2 is 2.11 bits per heavy atom. The first-order valence-electron chi connectivity index (χ1n) is 5.72. The molecule has 0 bridgehead atoms. The monoisotopic (exact) mass is 255 g/mol. The van der Waals surface area contributed by atoms with Gasteiger partial charge in [-0.3, -0.25) is 4.79 Å². The number of nitrogens with zero attached hydrogens (tertiary/aromatic N) is 3. The van der Waals surface area contributed by atoms with E-state index in [-0.39, 0.29) is 11.6 Å². The molecule has 0 aliphatic rings. The van der Waals surface area contributed by atoms with Crippen molar-refractivity contribution in [2.45, 2.75) is 5.92 Å². The highest BCUT2D eigenvalue weighted by atomic mass is 16.5. The number of imidazole rings is 1. The summed E-state index contributed by atoms with van der Waals surface area (Å²) in [4.78, 5) is 16.3. The molecule has 1 heterocycles. The van der Waals surface area contributed by atoms with Gasteiger partial charge in [0.25, 0.3) is 0 Å². The Bertz CT molecular complexity index is 623. The second-order valence-electron chi connectivity index (χ2n) is 4.06. The maximum atomic E-state index is 12.3. The molecular formula is C14H13N3O2. The van der Waals surface area contributed by atoms with Crippen LogP contribution in [-0.4, -0.2) is 22.4 Å². The smallest absolute Gasteiger partial charge is 0.219 e. The second-order valence-corrected chi connectivity index (χ2v) is 4.06. The van der Waals surface area contributed by atoms with E-state index in [2.05, 4.69) is 4.98 Å². The quantitative estimate of drug-likeness (QED) is 0.783. The van der Waals surface area contributed by atoms with Crippen molar-refractivity contribution >= 4 is 5.78 Å². The second kappa shape index (κ2) is 5.36. The summed E-state index contributed by atoms with van der Waals surface area (Å²) in [5.74, 6) is -0.195. The van der Waals surface area contributed by atoms with Crippen LogP contribution < -0.4 is 4.74 Å². The summed E-state index contributed by atoms with van der Waals surface area (Å²) in [6, 6.07) is 8.91. The van der Waals surface area contributed by atoms with Gasteiger partial charge in [0.1, 0.15) is 11.7 Å². The number of benzene rings is 1. The Morgan fingerprint density at radius 1 is 1.42 bits per heavy atom. The van der Waals surface area contributed by atoms with Gasteiger partial charge in [-0.25, -0.2) is 4.98 Å². The first-order chi connectivity index (χ1) is 9.17. The Labute approximate surface area is 111 Å². The molecule has 96 valence electrons. The Balaban J connectivity index is 2.32. The first-order valence-corrected chi connectivity index (χ1v) is 5.72. The van der Waals surface area contributed by atoms with Gasteiger partial charge in [-0.05, 0) is 17.7 Å². The molecule has 2 aromatic rings. The van der Waals surface area contributed by atoms with Crippen LogP contribution in [0.25, 0.3) is 0 Å². The fourth-order valence-electron chi connectivity index (χ4n) is 1.81. The average Bonchev–Trinajstić information content (AvgIpc) is 2.86. The number of aromatic nitrogens is 2. The molecule has 1 aromatic carbocycles. The number of hydrogen-bond donors (Lipinski definition) is 0. The molecule has 1 aromatic heterocycles. The highest BCUT2D eigenvalue weighted by Gasteiger charge is 2.24. The topological polar surface area (TPSA) is 67.9 Å². The number of Topliss-reactive ketones (excluding diaryl/α,β-unsaturated/α-hetero) is 1. The third kappa shape index (κ3) is 2.47. The maximum Gasteiger partial charge on any atom is 0.219 e. The predicted molar refractivity (Wildman–Crippen MR) is 68.9 cm³/mol. The van der Waals surface area contributed by atoms with Gasteiger partial charge < -0.3 is 9.30 Å². The Hall–Kier alpha value is -2.61. The minimum Gasteiger partial charge on any atom is -0.497 e. The zero-order valence-corrected chi connectivity index (χ0v) is 10.7. The summed E-state index contributed by atoms with van der Waals surface area (Å²) in [7, 11) is 3.29. The normalized spacial score (nSPS) is 11.6. The lowest BCUT2D eigenvalue weighted by molar-refractivity contribution is 0.0966. The van der Waals surface area contributed by atoms with Crippen LogP contribution in [0.15, 0.2) is 36.7 Å². The molecular weight excluding hydrogens is 242 g/mol. The number of aryl methyl sites for hydroxylation is 1. The van der Waals surface area contributed by atoms with Crippen molar-refractivity contribution in [3.05, 3.63) is 48.0 Å². The van der Waals surface area contributed by atoms with E-state index in [1.54, 1.807) is 49.2 Å². The van der Waals surface area contributed by atoms with Crippen molar-refractivity contribution < 1.29 is 9.53 Å². The molecule has 5 nitrogen and oxygen atoms in total. The lowest BCUT2D eigenvalue weighted by atomic mass is 9.95. The largest absolute Gasteiger partial charge is 0.497 e. The van der Waals surface area contributed by atoms with Crippen LogP contribution >= 0.6 is 0 Å². The van der Waals surface area contributed by atoms with E-state index >= 15 is 0 Å². The van der Waals surface area contributed by atoms with Crippen LogP contribution in [0.4, 0.5) is 0 Å². The number of carbonyl (C=O) groups is 1. The zero-order chi connectivity index (χ0) is 13.8. The zero-order valence-electron chi connectivity index (χ0n) is 10.7. The summed E-state index contributed by atoms with van der Waals surface area (Å²) in [5, 5.41) is 9.23. The van der Waals surface area contributed by atoms with E-state index < -0.39 is 5.92 Å². The van der Waals surface area contributed by atoms with Gasteiger partial charge in [0, 0.05) is 19.4 Å². The summed E-state index contributed by atoms with van der Waals surface area (Å²) < 4.78 is 6.66. The van der Waals surface area contributed by atoms with E-state index in [4.69, 9.17) is 4.74 Å². The molecule has 19 heavy (non-hydrogen) atoms. The summed E-state index contributed by atoms with van der Waals surface area (Å²) in [6.45, 7) is 0. The molecule has 0 N–H and O–H groups in total. The minimum absolute atomic E-state index is 0.280. The van der Waals surface area contributed by atoms with Crippen molar-refractivity contribution in [2.75, 3.05) is 7.11 Å². The molecule has 5 heteroatoms. The molecule has 0 aliphatic heterocycles. The predicted octanol–water partition coefficient (Wildman–Crippen LogP) is 1.92. The van der Waals surface area contributed by atoms with E-state index in [9.17, 15) is 10.1 Å². The van der Waals surface area contributed by atoms with Crippen LogP contribution in [0.1, 0.15) is 22.1 Å². The fourth-order valence-corrected chi connectivity index (χ4v) is 1.81. The van der Waals surface area contributed by atoms with Crippen LogP contribution in [-0.2, 0) is 7.05 Å². The van der Waals surface area contributed by atoms with Crippen LogP contribution in [0, 0.1) is 11.3 Å². The summed E-state index contributed by atoms with van der Waals surface area (Å²) in [6.07, 6.45) is 3.21. The van der Waals surface area contributed by atoms with Gasteiger partial charge in [0.2, 0.25) is 5.78 Å².